The van der Waals surface area contributed by atoms with E-state index >= 15 is 0 Å². The number of carbonyl (C=O) groups excluding carboxylic acids is 1. The van der Waals surface area contributed by atoms with E-state index in [-0.39, 0.29) is 17.3 Å². The second-order valence-corrected chi connectivity index (χ2v) is 4.80. The van der Waals surface area contributed by atoms with Gasteiger partial charge in [-0.3, -0.25) is 9.36 Å². The summed E-state index contributed by atoms with van der Waals surface area (Å²) >= 11 is 1.18. The third-order valence-electron chi connectivity index (χ3n) is 2.41. The number of carbonyl (C=O) groups is 1. The van der Waals surface area contributed by atoms with Crippen molar-refractivity contribution in [1.82, 2.24) is 20.1 Å². The molecule has 0 saturated heterocycles. The van der Waals surface area contributed by atoms with E-state index in [2.05, 4.69) is 22.1 Å². The largest absolute Gasteiger partial charge is 0.467 e. The molecule has 2 rings (SSSR count). The van der Waals surface area contributed by atoms with Crippen molar-refractivity contribution in [2.45, 2.75) is 18.2 Å². The van der Waals surface area contributed by atoms with Crippen molar-refractivity contribution in [1.29, 1.82) is 0 Å². The van der Waals surface area contributed by atoms with Gasteiger partial charge in [-0.15, -0.1) is 11.7 Å². The number of furan rings is 1. The van der Waals surface area contributed by atoms with Gasteiger partial charge in [0.15, 0.2) is 5.16 Å². The van der Waals surface area contributed by atoms with Crippen molar-refractivity contribution in [3.05, 3.63) is 47.3 Å². The lowest BCUT2D eigenvalue weighted by atomic mass is 10.4. The quantitative estimate of drug-likeness (QED) is 0.581. The van der Waals surface area contributed by atoms with Crippen LogP contribution in [0.5, 0.6) is 0 Å². The minimum absolute atomic E-state index is 0.160. The first-order valence-corrected chi connectivity index (χ1v) is 6.87. The number of rotatable bonds is 7. The lowest BCUT2D eigenvalue weighted by Crippen LogP contribution is -2.24. The molecule has 0 aliphatic heterocycles. The molecule has 1 amide bonds. The summed E-state index contributed by atoms with van der Waals surface area (Å²) in [4.78, 5) is 23.1. The molecule has 0 aromatic carbocycles. The Bertz CT molecular complexity index is 629. The highest BCUT2D eigenvalue weighted by atomic mass is 32.2. The standard InChI is InChI=1S/C12H14N4O3S/c1-2-5-16-11(18)14-15-12(16)20-8-10(17)13-7-9-4-3-6-19-9/h2-4,6H,1,5,7-8H2,(H,13,17)(H,14,18). The molecule has 0 unspecified atom stereocenters. The number of nitrogens with one attached hydrogen (secondary N) is 2. The number of thioether (sulfide) groups is 1. The fourth-order valence-corrected chi connectivity index (χ4v) is 2.27. The molecule has 0 fully saturated rings. The first-order valence-electron chi connectivity index (χ1n) is 5.88. The number of aromatic amines is 1. The van der Waals surface area contributed by atoms with Crippen LogP contribution in [0.3, 0.4) is 0 Å². The van der Waals surface area contributed by atoms with Crippen LogP contribution in [0.15, 0.2) is 45.4 Å². The van der Waals surface area contributed by atoms with Gasteiger partial charge in [0.25, 0.3) is 0 Å². The Kier molecular flexibility index (Phi) is 4.83. The van der Waals surface area contributed by atoms with Crippen LogP contribution in [0.25, 0.3) is 0 Å². The predicted octanol–water partition coefficient (Wildman–Crippen LogP) is 0.759. The Balaban J connectivity index is 1.84. The van der Waals surface area contributed by atoms with Crippen molar-refractivity contribution in [3.8, 4) is 0 Å². The molecule has 0 aliphatic rings. The van der Waals surface area contributed by atoms with E-state index in [0.717, 1.165) is 0 Å². The number of allylic oxidation sites excluding steroid dienone is 1. The van der Waals surface area contributed by atoms with E-state index in [0.29, 0.717) is 24.0 Å². The Labute approximate surface area is 119 Å². The molecule has 0 radical (unpaired) electrons. The molecule has 0 bridgehead atoms. The van der Waals surface area contributed by atoms with Gasteiger partial charge >= 0.3 is 5.69 Å². The van der Waals surface area contributed by atoms with Gasteiger partial charge in [0, 0.05) is 6.54 Å². The van der Waals surface area contributed by atoms with Crippen molar-refractivity contribution >= 4 is 17.7 Å². The Morgan fingerprint density at radius 3 is 3.20 bits per heavy atom. The van der Waals surface area contributed by atoms with Crippen LogP contribution >= 0.6 is 11.8 Å². The highest BCUT2D eigenvalue weighted by Crippen LogP contribution is 2.12. The number of hydrogen-bond donors (Lipinski definition) is 2. The van der Waals surface area contributed by atoms with Gasteiger partial charge < -0.3 is 9.73 Å². The summed E-state index contributed by atoms with van der Waals surface area (Å²) in [7, 11) is 0. The van der Waals surface area contributed by atoms with E-state index in [4.69, 9.17) is 4.42 Å². The van der Waals surface area contributed by atoms with Crippen LogP contribution < -0.4 is 11.0 Å². The van der Waals surface area contributed by atoms with Crippen LogP contribution in [0.1, 0.15) is 5.76 Å². The van der Waals surface area contributed by atoms with Crippen LogP contribution in [-0.2, 0) is 17.9 Å². The predicted molar refractivity (Wildman–Crippen MR) is 74.3 cm³/mol. The maximum atomic E-state index is 11.7. The summed E-state index contributed by atoms with van der Waals surface area (Å²) in [5.74, 6) is 0.695. The molecule has 7 nitrogen and oxygen atoms in total. The molecule has 0 aliphatic carbocycles. The molecular formula is C12H14N4O3S. The molecule has 0 atom stereocenters. The fourth-order valence-electron chi connectivity index (χ4n) is 1.48. The number of nitrogens with zero attached hydrogens (tertiary/aromatic N) is 2. The fraction of sp³-hybridized carbons (Fsp3) is 0.250. The third-order valence-corrected chi connectivity index (χ3v) is 3.38. The topological polar surface area (TPSA) is 92.9 Å². The summed E-state index contributed by atoms with van der Waals surface area (Å²) in [6.07, 6.45) is 3.14. The van der Waals surface area contributed by atoms with Crippen LogP contribution in [0, 0.1) is 0 Å². The minimum Gasteiger partial charge on any atom is -0.467 e. The number of H-pyrrole nitrogens is 1. The smallest absolute Gasteiger partial charge is 0.344 e. The maximum absolute atomic E-state index is 11.7. The van der Waals surface area contributed by atoms with E-state index in [1.165, 1.54) is 16.3 Å². The highest BCUT2D eigenvalue weighted by Gasteiger charge is 2.10. The SMILES string of the molecule is C=CCn1c(SCC(=O)NCc2ccco2)n[nH]c1=O. The minimum atomic E-state index is -0.316. The summed E-state index contributed by atoms with van der Waals surface area (Å²) in [5, 5.41) is 9.38. The third kappa shape index (κ3) is 3.64. The molecular weight excluding hydrogens is 280 g/mol. The van der Waals surface area contributed by atoms with E-state index in [1.54, 1.807) is 24.5 Å². The van der Waals surface area contributed by atoms with Gasteiger partial charge in [-0.25, -0.2) is 9.89 Å². The summed E-state index contributed by atoms with van der Waals surface area (Å²) in [5.41, 5.74) is -0.316. The molecule has 0 spiro atoms. The van der Waals surface area contributed by atoms with Gasteiger partial charge in [-0.2, -0.15) is 0 Å². The zero-order valence-electron chi connectivity index (χ0n) is 10.7. The second-order valence-electron chi connectivity index (χ2n) is 3.86. The molecule has 2 aromatic rings. The average molecular weight is 294 g/mol. The highest BCUT2D eigenvalue weighted by molar-refractivity contribution is 7.99. The van der Waals surface area contributed by atoms with Crippen LogP contribution in [-0.4, -0.2) is 26.4 Å². The van der Waals surface area contributed by atoms with Crippen molar-refractivity contribution in [2.75, 3.05) is 5.75 Å². The first-order chi connectivity index (χ1) is 9.70. The second kappa shape index (κ2) is 6.80. The monoisotopic (exact) mass is 294 g/mol. The first kappa shape index (κ1) is 14.2. The van der Waals surface area contributed by atoms with Gasteiger partial charge in [-0.1, -0.05) is 17.8 Å². The van der Waals surface area contributed by atoms with Crippen LogP contribution in [0.4, 0.5) is 0 Å². The number of amides is 1. The van der Waals surface area contributed by atoms with Gasteiger partial charge in [-0.05, 0) is 12.1 Å². The van der Waals surface area contributed by atoms with Crippen molar-refractivity contribution in [2.24, 2.45) is 0 Å². The Hall–Kier alpha value is -2.22. The lowest BCUT2D eigenvalue weighted by molar-refractivity contribution is -0.118. The molecule has 2 heterocycles. The zero-order valence-corrected chi connectivity index (χ0v) is 11.5. The molecule has 2 aromatic heterocycles. The Morgan fingerprint density at radius 1 is 1.65 bits per heavy atom. The maximum Gasteiger partial charge on any atom is 0.344 e. The summed E-state index contributed by atoms with van der Waals surface area (Å²) in [6.45, 7) is 4.26. The van der Waals surface area contributed by atoms with Gasteiger partial charge in [0.1, 0.15) is 5.76 Å². The zero-order chi connectivity index (χ0) is 14.4. The normalized spacial score (nSPS) is 10.4. The molecule has 8 heteroatoms. The van der Waals surface area contributed by atoms with E-state index in [1.807, 2.05) is 0 Å². The van der Waals surface area contributed by atoms with E-state index in [9.17, 15) is 9.59 Å². The molecule has 20 heavy (non-hydrogen) atoms. The van der Waals surface area contributed by atoms with Crippen LogP contribution in [0.2, 0.25) is 0 Å². The van der Waals surface area contributed by atoms with Gasteiger partial charge in [0.05, 0.1) is 18.6 Å². The van der Waals surface area contributed by atoms with E-state index < -0.39 is 0 Å². The number of hydrogen-bond acceptors (Lipinski definition) is 5. The summed E-state index contributed by atoms with van der Waals surface area (Å²) < 4.78 is 6.52. The lowest BCUT2D eigenvalue weighted by Gasteiger charge is -2.03. The summed E-state index contributed by atoms with van der Waals surface area (Å²) in [6, 6.07) is 3.54. The van der Waals surface area contributed by atoms with Crippen molar-refractivity contribution in [3.63, 3.8) is 0 Å². The molecule has 2 N–H and O–H groups in total. The Morgan fingerprint density at radius 2 is 2.50 bits per heavy atom. The molecule has 0 saturated carbocycles. The number of aromatic nitrogens is 3. The molecule has 106 valence electrons. The van der Waals surface area contributed by atoms with Gasteiger partial charge in [0.2, 0.25) is 5.91 Å². The van der Waals surface area contributed by atoms with Crippen molar-refractivity contribution < 1.29 is 9.21 Å². The average Bonchev–Trinajstić information content (AvgIpc) is 3.06.